The molecule has 2 unspecified atom stereocenters. The zero-order chi connectivity index (χ0) is 52.4. The van der Waals surface area contributed by atoms with Crippen LogP contribution in [0.3, 0.4) is 0 Å². The molecule has 6 heterocycles. The largest absolute Gasteiger partial charge is 0.367 e. The SMILES string of the molecule is CCN(CC)CCN.CCN(CC)CCNC(=O)c1c(C)[nH]c(/C=C2\C(=O)Nc3ccc(S(C)=O)cc32)c1C.Cc1[nH]c(/C=C2\C(=O)Nc3ccc(S(C)=O)cc32)c(C)c1C(=O)On1nnc2cccnc21. The third-order valence-corrected chi connectivity index (χ3v) is 14.3. The third kappa shape index (κ3) is 12.4. The Labute approximate surface area is 424 Å². The van der Waals surface area contributed by atoms with Gasteiger partial charge in [0.1, 0.15) is 5.52 Å². The van der Waals surface area contributed by atoms with Crippen LogP contribution in [0.5, 0.6) is 0 Å². The molecule has 6 aromatic rings. The van der Waals surface area contributed by atoms with E-state index in [2.05, 4.69) is 78.7 Å². The monoisotopic (exact) mass is 1020 g/mol. The fourth-order valence-corrected chi connectivity index (χ4v) is 9.45. The average molecular weight is 1020 g/mol. The Kier molecular flexibility index (Phi) is 18.5. The number of nitrogens with zero attached hydrogens (tertiary/aromatic N) is 6. The number of carbonyl (C=O) groups excluding carboxylic acids is 4. The molecule has 382 valence electrons. The minimum Gasteiger partial charge on any atom is -0.358 e. The first-order valence-electron chi connectivity index (χ1n) is 23.7. The third-order valence-electron chi connectivity index (χ3n) is 12.5. The molecule has 0 saturated heterocycles. The highest BCUT2D eigenvalue weighted by molar-refractivity contribution is 7.84. The average Bonchev–Trinajstić information content (AvgIpc) is 4.14. The van der Waals surface area contributed by atoms with Crippen molar-refractivity contribution in [2.75, 3.05) is 75.5 Å². The molecule has 2 aliphatic heterocycles. The number of nitrogens with two attached hydrogens (primary N) is 1. The second-order valence-corrected chi connectivity index (χ2v) is 19.7. The van der Waals surface area contributed by atoms with Crippen LogP contribution in [0.15, 0.2) is 64.5 Å². The van der Waals surface area contributed by atoms with Gasteiger partial charge in [-0.1, -0.05) is 27.7 Å². The summed E-state index contributed by atoms with van der Waals surface area (Å²) in [4.78, 5) is 73.6. The van der Waals surface area contributed by atoms with Crippen LogP contribution in [-0.4, -0.2) is 137 Å². The number of fused-ring (bicyclic) bond motifs is 3. The molecule has 0 bridgehead atoms. The fourth-order valence-electron chi connectivity index (χ4n) is 8.36. The van der Waals surface area contributed by atoms with E-state index in [0.29, 0.717) is 89.4 Å². The van der Waals surface area contributed by atoms with E-state index in [1.807, 2.05) is 13.8 Å². The molecule has 0 saturated carbocycles. The Morgan fingerprint density at radius 3 is 1.74 bits per heavy atom. The van der Waals surface area contributed by atoms with Gasteiger partial charge in [-0.2, -0.15) is 0 Å². The Hall–Kier alpha value is -6.91. The summed E-state index contributed by atoms with van der Waals surface area (Å²) in [5.74, 6) is -1.25. The van der Waals surface area contributed by atoms with Gasteiger partial charge in [0, 0.05) is 122 Å². The van der Waals surface area contributed by atoms with Crippen molar-refractivity contribution in [3.05, 3.63) is 111 Å². The molecular weight excluding hydrogens is 957 g/mol. The van der Waals surface area contributed by atoms with Crippen LogP contribution in [0.4, 0.5) is 11.4 Å². The Bertz CT molecular complexity index is 3110. The Morgan fingerprint density at radius 1 is 0.750 bits per heavy atom. The maximum Gasteiger partial charge on any atom is 0.367 e. The minimum atomic E-state index is -1.18. The summed E-state index contributed by atoms with van der Waals surface area (Å²) in [5, 5.41) is 16.4. The molecule has 2 aliphatic rings. The maximum absolute atomic E-state index is 12.9. The summed E-state index contributed by atoms with van der Waals surface area (Å²) in [6.07, 6.45) is 8.18. The topological polar surface area (TPSA) is 255 Å². The molecule has 0 radical (unpaired) electrons. The molecule has 21 heteroatoms. The van der Waals surface area contributed by atoms with Gasteiger partial charge >= 0.3 is 5.97 Å². The number of amides is 3. The molecule has 72 heavy (non-hydrogen) atoms. The smallest absolute Gasteiger partial charge is 0.358 e. The van der Waals surface area contributed by atoms with Crippen molar-refractivity contribution >= 4 is 91.1 Å². The van der Waals surface area contributed by atoms with Gasteiger partial charge in [0.25, 0.3) is 17.7 Å². The van der Waals surface area contributed by atoms with Crippen LogP contribution in [0.2, 0.25) is 0 Å². The number of likely N-dealkylation sites (N-methyl/N-ethyl adjacent to an activating group) is 2. The lowest BCUT2D eigenvalue weighted by atomic mass is 10.0. The fraction of sp³-hybridized carbons (Fsp3) is 0.353. The number of hydrogen-bond donors (Lipinski definition) is 6. The Balaban J connectivity index is 0.000000205. The first kappa shape index (κ1) is 54.4. The standard InChI is InChI=1S/C23H30N4O3S.C22H18N6O4S.C6H16N2/c1-6-27(7-2)11-10-24-23(29)21-14(3)20(25-15(21)4)13-18-17-12-16(31(5)30)8-9-19(17)26-22(18)28;1-11-18(10-15-14-9-13(33(3)31)6-7-16(14)25-21(15)29)24-12(2)19(11)22(30)32-28-20-17(26-27-28)5-4-8-23-20;1-3-8(4-2)6-5-7/h8-9,12-13,25H,6-7,10-11H2,1-5H3,(H,24,29)(H,26,28);4-10,24H,1-3H3,(H,25,29);3-7H2,1-2H3/b18-13-;15-10-;. The van der Waals surface area contributed by atoms with Crippen LogP contribution in [0.25, 0.3) is 34.5 Å². The summed E-state index contributed by atoms with van der Waals surface area (Å²) in [6, 6.07) is 13.9. The number of carbonyl (C=O) groups is 4. The van der Waals surface area contributed by atoms with E-state index in [1.165, 1.54) is 0 Å². The lowest BCUT2D eigenvalue weighted by Gasteiger charge is -2.18. The number of benzene rings is 2. The van der Waals surface area contributed by atoms with Gasteiger partial charge in [-0.15, -0.1) is 5.10 Å². The van der Waals surface area contributed by atoms with Crippen molar-refractivity contribution in [3.8, 4) is 0 Å². The van der Waals surface area contributed by atoms with Gasteiger partial charge in [-0.05, 0) is 136 Å². The molecule has 2 aromatic carbocycles. The van der Waals surface area contributed by atoms with E-state index in [9.17, 15) is 27.6 Å². The summed E-state index contributed by atoms with van der Waals surface area (Å²) < 4.78 is 23.8. The zero-order valence-corrected chi connectivity index (χ0v) is 44.1. The van der Waals surface area contributed by atoms with Crippen molar-refractivity contribution in [1.82, 2.24) is 45.2 Å². The van der Waals surface area contributed by atoms with Gasteiger partial charge in [0.2, 0.25) is 5.65 Å². The molecule has 0 spiro atoms. The van der Waals surface area contributed by atoms with E-state index in [4.69, 9.17) is 10.6 Å². The molecule has 0 fully saturated rings. The number of aromatic amines is 2. The normalized spacial score (nSPS) is 14.6. The second-order valence-electron chi connectivity index (χ2n) is 17.0. The van der Waals surface area contributed by atoms with Gasteiger partial charge < -0.3 is 46.3 Å². The molecule has 8 rings (SSSR count). The van der Waals surface area contributed by atoms with Crippen molar-refractivity contribution < 1.29 is 32.4 Å². The maximum atomic E-state index is 12.9. The minimum absolute atomic E-state index is 0.122. The van der Waals surface area contributed by atoms with Gasteiger partial charge in [-0.3, -0.25) is 22.8 Å². The first-order chi connectivity index (χ1) is 34.4. The van der Waals surface area contributed by atoms with Crippen molar-refractivity contribution in [3.63, 3.8) is 0 Å². The van der Waals surface area contributed by atoms with E-state index in [0.717, 1.165) is 67.5 Å². The number of anilines is 2. The molecule has 7 N–H and O–H groups in total. The van der Waals surface area contributed by atoms with Gasteiger partial charge in [0.05, 0.1) is 22.3 Å². The van der Waals surface area contributed by atoms with Crippen molar-refractivity contribution in [2.24, 2.45) is 5.73 Å². The van der Waals surface area contributed by atoms with Gasteiger partial charge in [0.15, 0.2) is 0 Å². The quantitative estimate of drug-likeness (QED) is 0.0519. The van der Waals surface area contributed by atoms with E-state index < -0.39 is 27.6 Å². The number of aryl methyl sites for hydroxylation is 2. The number of aromatic nitrogens is 6. The van der Waals surface area contributed by atoms with Crippen LogP contribution >= 0.6 is 0 Å². The Morgan fingerprint density at radius 2 is 1.25 bits per heavy atom. The van der Waals surface area contributed by atoms with Crippen molar-refractivity contribution in [1.29, 1.82) is 0 Å². The lowest BCUT2D eigenvalue weighted by molar-refractivity contribution is -0.111. The molecule has 2 atom stereocenters. The molecule has 0 aliphatic carbocycles. The highest BCUT2D eigenvalue weighted by Crippen LogP contribution is 2.37. The lowest BCUT2D eigenvalue weighted by Crippen LogP contribution is -2.35. The van der Waals surface area contributed by atoms with Crippen LogP contribution in [-0.2, 0) is 31.2 Å². The van der Waals surface area contributed by atoms with Crippen LogP contribution in [0, 0.1) is 27.7 Å². The van der Waals surface area contributed by atoms with Crippen molar-refractivity contribution in [2.45, 2.75) is 65.2 Å². The summed E-state index contributed by atoms with van der Waals surface area (Å²) in [7, 11) is -2.33. The summed E-state index contributed by atoms with van der Waals surface area (Å²) >= 11 is 0. The van der Waals surface area contributed by atoms with Crippen LogP contribution in [0.1, 0.15) is 93.4 Å². The van der Waals surface area contributed by atoms with E-state index in [1.54, 1.807) is 93.2 Å². The number of nitrogens with one attached hydrogen (secondary N) is 5. The molecule has 4 aromatic heterocycles. The predicted octanol–water partition coefficient (Wildman–Crippen LogP) is 5.49. The molecular formula is C51H64N12O7S2. The summed E-state index contributed by atoms with van der Waals surface area (Å²) in [6.45, 7) is 23.1. The molecule has 3 amide bonds. The number of hydrogen-bond acceptors (Lipinski definition) is 13. The van der Waals surface area contributed by atoms with Crippen LogP contribution < -0.4 is 26.5 Å². The highest BCUT2D eigenvalue weighted by atomic mass is 32.2. The number of H-pyrrole nitrogens is 2. The van der Waals surface area contributed by atoms with E-state index in [-0.39, 0.29) is 17.7 Å². The first-order valence-corrected chi connectivity index (χ1v) is 26.8. The number of rotatable bonds is 16. The van der Waals surface area contributed by atoms with E-state index >= 15 is 0 Å². The van der Waals surface area contributed by atoms with Gasteiger partial charge in [-0.25, -0.2) is 9.78 Å². The number of pyridine rings is 1. The summed E-state index contributed by atoms with van der Waals surface area (Å²) in [5.41, 5.74) is 14.7. The highest BCUT2D eigenvalue weighted by Gasteiger charge is 2.29. The zero-order valence-electron chi connectivity index (χ0n) is 42.4. The molecule has 19 nitrogen and oxygen atoms in total. The predicted molar refractivity (Wildman–Crippen MR) is 284 cm³/mol. The second kappa shape index (κ2) is 24.5.